The number of nitrogens with one attached hydrogen (secondary N) is 2. The van der Waals surface area contributed by atoms with E-state index in [0.29, 0.717) is 5.92 Å². The number of aryl methyl sites for hydroxylation is 1. The van der Waals surface area contributed by atoms with E-state index < -0.39 is 0 Å². The normalized spacial score (nSPS) is 11.9. The van der Waals surface area contributed by atoms with Gasteiger partial charge in [0.25, 0.3) is 0 Å². The lowest BCUT2D eigenvalue weighted by Gasteiger charge is -2.11. The van der Waals surface area contributed by atoms with Crippen molar-refractivity contribution in [3.05, 3.63) is 65.6 Å². The van der Waals surface area contributed by atoms with Gasteiger partial charge in [-0.3, -0.25) is 9.39 Å². The molecule has 0 aliphatic rings. The van der Waals surface area contributed by atoms with Crippen LogP contribution in [0.25, 0.3) is 5.65 Å². The van der Waals surface area contributed by atoms with Gasteiger partial charge >= 0.3 is 0 Å². The summed E-state index contributed by atoms with van der Waals surface area (Å²) in [6.07, 6.45) is 4.87. The Morgan fingerprint density at radius 1 is 1.03 bits per heavy atom. The van der Waals surface area contributed by atoms with Crippen LogP contribution in [0.4, 0.5) is 0 Å². The molecule has 0 atom stereocenters. The van der Waals surface area contributed by atoms with Gasteiger partial charge in [-0.15, -0.1) is 10.2 Å². The summed E-state index contributed by atoms with van der Waals surface area (Å²) in [5.41, 5.74) is 3.65. The maximum Gasteiger partial charge on any atom is 0.191 e. The summed E-state index contributed by atoms with van der Waals surface area (Å²) in [7, 11) is 0. The van der Waals surface area contributed by atoms with Gasteiger partial charge in [-0.1, -0.05) is 44.2 Å². The zero-order valence-corrected chi connectivity index (χ0v) is 17.7. The molecule has 0 bridgehead atoms. The predicted octanol–water partition coefficient (Wildman–Crippen LogP) is 3.58. The maximum absolute atomic E-state index is 4.71. The van der Waals surface area contributed by atoms with E-state index in [9.17, 15) is 0 Å². The van der Waals surface area contributed by atoms with Crippen molar-refractivity contribution in [1.29, 1.82) is 0 Å². The summed E-state index contributed by atoms with van der Waals surface area (Å²) in [6, 6.07) is 14.9. The minimum absolute atomic E-state index is 0.582. The van der Waals surface area contributed by atoms with E-state index in [0.717, 1.165) is 56.3 Å². The second kappa shape index (κ2) is 10.6. The molecule has 0 saturated carbocycles. The van der Waals surface area contributed by atoms with Crippen LogP contribution in [0.1, 0.15) is 50.1 Å². The summed E-state index contributed by atoms with van der Waals surface area (Å²) >= 11 is 0. The van der Waals surface area contributed by atoms with E-state index in [4.69, 9.17) is 4.99 Å². The second-order valence-electron chi connectivity index (χ2n) is 7.48. The highest BCUT2D eigenvalue weighted by atomic mass is 15.2. The van der Waals surface area contributed by atoms with Gasteiger partial charge in [-0.05, 0) is 48.9 Å². The molecule has 2 N–H and O–H groups in total. The molecule has 3 rings (SSSR count). The summed E-state index contributed by atoms with van der Waals surface area (Å²) in [5, 5.41) is 15.2. The summed E-state index contributed by atoms with van der Waals surface area (Å²) in [6.45, 7) is 8.94. The highest BCUT2D eigenvalue weighted by Gasteiger charge is 2.05. The van der Waals surface area contributed by atoms with Gasteiger partial charge in [0.15, 0.2) is 11.6 Å². The predicted molar refractivity (Wildman–Crippen MR) is 120 cm³/mol. The van der Waals surface area contributed by atoms with Crippen LogP contribution in [0.15, 0.2) is 53.7 Å². The fourth-order valence-corrected chi connectivity index (χ4v) is 3.24. The second-order valence-corrected chi connectivity index (χ2v) is 7.48. The van der Waals surface area contributed by atoms with Crippen LogP contribution in [0.2, 0.25) is 0 Å². The van der Waals surface area contributed by atoms with Gasteiger partial charge < -0.3 is 10.6 Å². The van der Waals surface area contributed by atoms with Crippen LogP contribution in [-0.2, 0) is 12.8 Å². The van der Waals surface area contributed by atoms with E-state index in [1.54, 1.807) is 0 Å². The number of guanidine groups is 1. The molecule has 0 saturated heterocycles. The Bertz CT molecular complexity index is 911. The van der Waals surface area contributed by atoms with Crippen molar-refractivity contribution in [3.63, 3.8) is 0 Å². The third-order valence-electron chi connectivity index (χ3n) is 4.91. The minimum atomic E-state index is 0.582. The van der Waals surface area contributed by atoms with Gasteiger partial charge in [0.1, 0.15) is 5.82 Å². The quantitative estimate of drug-likeness (QED) is 0.332. The van der Waals surface area contributed by atoms with Gasteiger partial charge in [0, 0.05) is 32.3 Å². The molecule has 0 aliphatic heterocycles. The number of rotatable bonds is 9. The first-order valence-corrected chi connectivity index (χ1v) is 10.6. The van der Waals surface area contributed by atoms with Crippen LogP contribution < -0.4 is 10.6 Å². The number of pyridine rings is 1. The average Bonchev–Trinajstić information content (AvgIpc) is 3.14. The van der Waals surface area contributed by atoms with Crippen molar-refractivity contribution in [1.82, 2.24) is 25.2 Å². The van der Waals surface area contributed by atoms with Crippen LogP contribution in [0.5, 0.6) is 0 Å². The summed E-state index contributed by atoms with van der Waals surface area (Å²) in [5.74, 6) is 2.39. The van der Waals surface area contributed by atoms with Gasteiger partial charge in [-0.2, -0.15) is 0 Å². The van der Waals surface area contributed by atoms with E-state index in [1.165, 1.54) is 11.1 Å². The van der Waals surface area contributed by atoms with Crippen LogP contribution in [0.3, 0.4) is 0 Å². The van der Waals surface area contributed by atoms with Crippen molar-refractivity contribution < 1.29 is 0 Å². The number of benzene rings is 1. The largest absolute Gasteiger partial charge is 0.357 e. The molecule has 0 radical (unpaired) electrons. The van der Waals surface area contributed by atoms with Crippen molar-refractivity contribution in [2.75, 3.05) is 19.6 Å². The zero-order chi connectivity index (χ0) is 20.5. The van der Waals surface area contributed by atoms with Gasteiger partial charge in [-0.25, -0.2) is 0 Å². The number of aromatic nitrogens is 3. The molecule has 6 nitrogen and oxygen atoms in total. The van der Waals surface area contributed by atoms with E-state index >= 15 is 0 Å². The lowest BCUT2D eigenvalue weighted by atomic mass is 10.0. The van der Waals surface area contributed by atoms with E-state index in [2.05, 4.69) is 65.9 Å². The fourth-order valence-electron chi connectivity index (χ4n) is 3.24. The Labute approximate surface area is 173 Å². The molecule has 6 heteroatoms. The first kappa shape index (κ1) is 20.8. The number of fused-ring (bicyclic) bond motifs is 1. The number of aliphatic imine (C=N–C) groups is 1. The lowest BCUT2D eigenvalue weighted by Crippen LogP contribution is -2.38. The third-order valence-corrected chi connectivity index (χ3v) is 4.91. The third kappa shape index (κ3) is 6.04. The molecule has 2 heterocycles. The maximum atomic E-state index is 4.71. The van der Waals surface area contributed by atoms with Crippen LogP contribution in [-0.4, -0.2) is 40.2 Å². The monoisotopic (exact) mass is 392 g/mol. The Balaban J connectivity index is 1.45. The fraction of sp³-hybridized carbons (Fsp3) is 0.435. The van der Waals surface area contributed by atoms with Gasteiger partial charge in [0.05, 0.1) is 0 Å². The molecular weight excluding hydrogens is 360 g/mol. The van der Waals surface area contributed by atoms with Crippen molar-refractivity contribution in [2.24, 2.45) is 4.99 Å². The minimum Gasteiger partial charge on any atom is -0.357 e. The van der Waals surface area contributed by atoms with Crippen molar-refractivity contribution in [3.8, 4) is 0 Å². The first-order valence-electron chi connectivity index (χ1n) is 10.6. The Morgan fingerprint density at radius 3 is 2.62 bits per heavy atom. The Kier molecular flexibility index (Phi) is 7.61. The van der Waals surface area contributed by atoms with Crippen molar-refractivity contribution in [2.45, 2.75) is 46.0 Å². The standard InChI is InChI=1S/C23H32N6/c1-4-24-23(25-15-7-8-19-10-12-20(13-11-19)18(2)3)26-16-14-22-28-27-21-9-5-6-17-29(21)22/h5-6,9-13,17-18H,4,7-8,14-16H2,1-3H3,(H2,24,25,26). The van der Waals surface area contributed by atoms with E-state index in [-0.39, 0.29) is 0 Å². The van der Waals surface area contributed by atoms with Crippen LogP contribution in [0, 0.1) is 0 Å². The Morgan fingerprint density at radius 2 is 1.86 bits per heavy atom. The SMILES string of the molecule is CCNC(=NCCCc1ccc(C(C)C)cc1)NCCc1nnc2ccccn12. The highest BCUT2D eigenvalue weighted by Crippen LogP contribution is 2.15. The molecule has 3 aromatic rings. The topological polar surface area (TPSA) is 66.6 Å². The summed E-state index contributed by atoms with van der Waals surface area (Å²) < 4.78 is 2.02. The van der Waals surface area contributed by atoms with Crippen molar-refractivity contribution >= 4 is 11.6 Å². The molecule has 0 amide bonds. The first-order chi connectivity index (χ1) is 14.2. The molecule has 1 aromatic carbocycles. The van der Waals surface area contributed by atoms with Crippen LogP contribution >= 0.6 is 0 Å². The molecular formula is C23H32N6. The van der Waals surface area contributed by atoms with E-state index in [1.807, 2.05) is 28.8 Å². The highest BCUT2D eigenvalue weighted by molar-refractivity contribution is 5.79. The Hall–Kier alpha value is -2.89. The zero-order valence-electron chi connectivity index (χ0n) is 17.7. The molecule has 0 spiro atoms. The summed E-state index contributed by atoms with van der Waals surface area (Å²) in [4.78, 5) is 4.71. The molecule has 154 valence electrons. The van der Waals surface area contributed by atoms with Gasteiger partial charge in [0.2, 0.25) is 0 Å². The number of nitrogens with zero attached hydrogens (tertiary/aromatic N) is 4. The molecule has 0 aliphatic carbocycles. The number of hydrogen-bond acceptors (Lipinski definition) is 3. The average molecular weight is 393 g/mol. The molecule has 0 unspecified atom stereocenters. The number of hydrogen-bond donors (Lipinski definition) is 2. The molecule has 29 heavy (non-hydrogen) atoms. The lowest BCUT2D eigenvalue weighted by molar-refractivity contribution is 0.753. The molecule has 0 fully saturated rings. The molecule has 2 aromatic heterocycles. The smallest absolute Gasteiger partial charge is 0.191 e.